The van der Waals surface area contributed by atoms with Gasteiger partial charge in [0.1, 0.15) is 5.82 Å². The summed E-state index contributed by atoms with van der Waals surface area (Å²) in [6, 6.07) is 3.03. The Morgan fingerprint density at radius 1 is 1.40 bits per heavy atom. The van der Waals surface area contributed by atoms with Crippen LogP contribution in [-0.4, -0.2) is 43.1 Å². The van der Waals surface area contributed by atoms with Crippen LogP contribution in [0.15, 0.2) is 12.1 Å². The molecule has 0 aromatic heterocycles. The van der Waals surface area contributed by atoms with Gasteiger partial charge in [0.05, 0.1) is 12.6 Å². The minimum absolute atomic E-state index is 0.0367. The zero-order valence-corrected chi connectivity index (χ0v) is 12.8. The average Bonchev–Trinajstić information content (AvgIpc) is 2.38. The molecule has 0 radical (unpaired) electrons. The predicted molar refractivity (Wildman–Crippen MR) is 78.4 cm³/mol. The molecule has 0 unspecified atom stereocenters. The molecule has 0 heterocycles. The van der Waals surface area contributed by atoms with Crippen LogP contribution in [-0.2, 0) is 4.79 Å². The summed E-state index contributed by atoms with van der Waals surface area (Å²) in [5.41, 5.74) is 1.71. The summed E-state index contributed by atoms with van der Waals surface area (Å²) >= 11 is 0. The molecule has 0 aliphatic carbocycles. The van der Waals surface area contributed by atoms with E-state index in [1.165, 1.54) is 11.0 Å². The molecule has 5 heteroatoms. The molecule has 1 aromatic rings. The normalized spacial score (nSPS) is 12.2. The fraction of sp³-hybridized carbons (Fsp3) is 0.533. The number of rotatable bonds is 5. The SMILES string of the molecule is CCN(CC(=O)N(C)C)c1cc(C)c(F)cc1[C@@H](C)O. The highest BCUT2D eigenvalue weighted by Crippen LogP contribution is 2.29. The lowest BCUT2D eigenvalue weighted by Crippen LogP contribution is -2.37. The van der Waals surface area contributed by atoms with Crippen LogP contribution in [0, 0.1) is 12.7 Å². The molecule has 4 nitrogen and oxygen atoms in total. The maximum Gasteiger partial charge on any atom is 0.241 e. The summed E-state index contributed by atoms with van der Waals surface area (Å²) in [6.45, 7) is 5.99. The van der Waals surface area contributed by atoms with Gasteiger partial charge in [0.15, 0.2) is 0 Å². The standard InChI is InChI=1S/C15H23FN2O2/c1-6-18(9-15(20)17(4)5)14-7-10(2)13(16)8-12(14)11(3)19/h7-8,11,19H,6,9H2,1-5H3/t11-/m1/s1. The van der Waals surface area contributed by atoms with Crippen LogP contribution in [0.4, 0.5) is 10.1 Å². The Hall–Kier alpha value is -1.62. The molecule has 1 aromatic carbocycles. The number of amides is 1. The number of carbonyl (C=O) groups excluding carboxylic acids is 1. The fourth-order valence-electron chi connectivity index (χ4n) is 1.96. The second-order valence-electron chi connectivity index (χ2n) is 5.14. The number of aliphatic hydroxyl groups is 1. The van der Waals surface area contributed by atoms with Gasteiger partial charge in [-0.25, -0.2) is 4.39 Å². The largest absolute Gasteiger partial charge is 0.389 e. The minimum Gasteiger partial charge on any atom is -0.389 e. The van der Waals surface area contributed by atoms with Gasteiger partial charge >= 0.3 is 0 Å². The lowest BCUT2D eigenvalue weighted by atomic mass is 10.0. The molecule has 0 bridgehead atoms. The number of benzene rings is 1. The molecule has 1 rings (SSSR count). The molecule has 0 spiro atoms. The molecule has 1 atom stereocenters. The van der Waals surface area contributed by atoms with E-state index in [2.05, 4.69) is 0 Å². The Morgan fingerprint density at radius 2 is 2.00 bits per heavy atom. The van der Waals surface area contributed by atoms with Crippen molar-refractivity contribution in [2.45, 2.75) is 26.9 Å². The zero-order valence-electron chi connectivity index (χ0n) is 12.8. The van der Waals surface area contributed by atoms with E-state index in [9.17, 15) is 14.3 Å². The maximum absolute atomic E-state index is 13.7. The van der Waals surface area contributed by atoms with E-state index in [4.69, 9.17) is 0 Å². The number of hydrogen-bond donors (Lipinski definition) is 1. The van der Waals surface area contributed by atoms with Crippen LogP contribution in [0.5, 0.6) is 0 Å². The van der Waals surface area contributed by atoms with Crippen molar-refractivity contribution in [2.24, 2.45) is 0 Å². The van der Waals surface area contributed by atoms with Gasteiger partial charge in [-0.1, -0.05) is 0 Å². The molecule has 0 saturated carbocycles. The van der Waals surface area contributed by atoms with Gasteiger partial charge in [0, 0.05) is 31.9 Å². The average molecular weight is 282 g/mol. The first-order chi connectivity index (χ1) is 9.27. The van der Waals surface area contributed by atoms with Gasteiger partial charge in [-0.15, -0.1) is 0 Å². The van der Waals surface area contributed by atoms with Crippen molar-refractivity contribution in [2.75, 3.05) is 32.1 Å². The maximum atomic E-state index is 13.7. The molecule has 0 aliphatic heterocycles. The topological polar surface area (TPSA) is 43.8 Å². The third kappa shape index (κ3) is 3.70. The first kappa shape index (κ1) is 16.4. The molecule has 0 aliphatic rings. The molecule has 0 fully saturated rings. The predicted octanol–water partition coefficient (Wildman–Crippen LogP) is 2.10. The molecular formula is C15H23FN2O2. The monoisotopic (exact) mass is 282 g/mol. The van der Waals surface area contributed by atoms with Crippen molar-refractivity contribution in [3.63, 3.8) is 0 Å². The Bertz CT molecular complexity index is 487. The van der Waals surface area contributed by atoms with Crippen LogP contribution < -0.4 is 4.90 Å². The van der Waals surface area contributed by atoms with Crippen molar-refractivity contribution in [3.8, 4) is 0 Å². The third-order valence-electron chi connectivity index (χ3n) is 3.31. The molecule has 1 amide bonds. The van der Waals surface area contributed by atoms with Crippen molar-refractivity contribution in [1.82, 2.24) is 4.90 Å². The molecular weight excluding hydrogens is 259 g/mol. The van der Waals surface area contributed by atoms with Crippen molar-refractivity contribution in [1.29, 1.82) is 0 Å². The van der Waals surface area contributed by atoms with Gasteiger partial charge in [-0.2, -0.15) is 0 Å². The number of halogens is 1. The van der Waals surface area contributed by atoms with E-state index in [1.807, 2.05) is 11.8 Å². The van der Waals surface area contributed by atoms with E-state index < -0.39 is 6.10 Å². The number of carbonyl (C=O) groups is 1. The number of aryl methyl sites for hydroxylation is 1. The van der Waals surface area contributed by atoms with Gasteiger partial charge in [0.25, 0.3) is 0 Å². The highest BCUT2D eigenvalue weighted by Gasteiger charge is 2.18. The van der Waals surface area contributed by atoms with Crippen molar-refractivity contribution in [3.05, 3.63) is 29.1 Å². The second kappa shape index (κ2) is 6.70. The highest BCUT2D eigenvalue weighted by molar-refractivity contribution is 5.81. The third-order valence-corrected chi connectivity index (χ3v) is 3.31. The van der Waals surface area contributed by atoms with Crippen molar-refractivity contribution < 1.29 is 14.3 Å². The number of hydrogen-bond acceptors (Lipinski definition) is 3. The van der Waals surface area contributed by atoms with Crippen LogP contribution in [0.1, 0.15) is 31.1 Å². The quantitative estimate of drug-likeness (QED) is 0.899. The van der Waals surface area contributed by atoms with E-state index in [-0.39, 0.29) is 18.3 Å². The number of likely N-dealkylation sites (N-methyl/N-ethyl adjacent to an activating group) is 2. The van der Waals surface area contributed by atoms with Crippen LogP contribution in [0.2, 0.25) is 0 Å². The lowest BCUT2D eigenvalue weighted by molar-refractivity contribution is -0.127. The summed E-state index contributed by atoms with van der Waals surface area (Å²) < 4.78 is 13.7. The number of anilines is 1. The van der Waals surface area contributed by atoms with Gasteiger partial charge in [-0.05, 0) is 38.5 Å². The second-order valence-corrected chi connectivity index (χ2v) is 5.14. The van der Waals surface area contributed by atoms with Crippen molar-refractivity contribution >= 4 is 11.6 Å². The van der Waals surface area contributed by atoms with Gasteiger partial charge in [-0.3, -0.25) is 4.79 Å². The van der Waals surface area contributed by atoms with Gasteiger partial charge in [0.2, 0.25) is 5.91 Å². The summed E-state index contributed by atoms with van der Waals surface area (Å²) in [5, 5.41) is 9.82. The first-order valence-corrected chi connectivity index (χ1v) is 6.71. The first-order valence-electron chi connectivity index (χ1n) is 6.71. The highest BCUT2D eigenvalue weighted by atomic mass is 19.1. The Kier molecular flexibility index (Phi) is 5.51. The molecule has 20 heavy (non-hydrogen) atoms. The van der Waals surface area contributed by atoms with Gasteiger partial charge < -0.3 is 14.9 Å². The Morgan fingerprint density at radius 3 is 2.45 bits per heavy atom. The van der Waals surface area contributed by atoms with Crippen LogP contribution in [0.3, 0.4) is 0 Å². The molecule has 112 valence electrons. The Labute approximate surface area is 119 Å². The Balaban J connectivity index is 3.20. The lowest BCUT2D eigenvalue weighted by Gasteiger charge is -2.28. The van der Waals surface area contributed by atoms with E-state index in [1.54, 1.807) is 34.0 Å². The van der Waals surface area contributed by atoms with E-state index >= 15 is 0 Å². The fourth-order valence-corrected chi connectivity index (χ4v) is 1.96. The van der Waals surface area contributed by atoms with E-state index in [0.29, 0.717) is 23.4 Å². The summed E-state index contributed by atoms with van der Waals surface area (Å²) in [5.74, 6) is -0.384. The van der Waals surface area contributed by atoms with E-state index in [0.717, 1.165) is 0 Å². The number of aliphatic hydroxyl groups excluding tert-OH is 1. The number of nitrogens with zero attached hydrogens (tertiary/aromatic N) is 2. The summed E-state index contributed by atoms with van der Waals surface area (Å²) in [7, 11) is 3.39. The van der Waals surface area contributed by atoms with Crippen LogP contribution >= 0.6 is 0 Å². The zero-order chi connectivity index (χ0) is 15.4. The van der Waals surface area contributed by atoms with Crippen LogP contribution in [0.25, 0.3) is 0 Å². The summed E-state index contributed by atoms with van der Waals surface area (Å²) in [4.78, 5) is 15.2. The molecule has 1 N–H and O–H groups in total. The smallest absolute Gasteiger partial charge is 0.241 e. The summed E-state index contributed by atoms with van der Waals surface area (Å²) in [6.07, 6.45) is -0.788. The molecule has 0 saturated heterocycles. The minimum atomic E-state index is -0.788.